The highest BCUT2D eigenvalue weighted by Gasteiger charge is 2.26. The number of unbranched alkanes of at least 4 members (excludes halogenated alkanes) is 2. The summed E-state index contributed by atoms with van der Waals surface area (Å²) in [6.07, 6.45) is 5.36. The van der Waals surface area contributed by atoms with E-state index in [1.807, 2.05) is 0 Å². The van der Waals surface area contributed by atoms with Crippen molar-refractivity contribution in [1.82, 2.24) is 4.90 Å². The number of nitrogens with zero attached hydrogens (tertiary/aromatic N) is 1. The van der Waals surface area contributed by atoms with Crippen LogP contribution in [0.5, 0.6) is 0 Å². The first-order valence-corrected chi connectivity index (χ1v) is 5.72. The Labute approximate surface area is 82.5 Å². The third-order valence-corrected chi connectivity index (χ3v) is 3.17. The summed E-state index contributed by atoms with van der Waals surface area (Å²) >= 11 is 0. The quantitative estimate of drug-likeness (QED) is 0.661. The molecule has 13 heavy (non-hydrogen) atoms. The largest absolute Gasteiger partial charge is 0.330 e. The highest BCUT2D eigenvalue weighted by molar-refractivity contribution is 4.82. The van der Waals surface area contributed by atoms with Crippen LogP contribution >= 0.6 is 0 Å². The Kier molecular flexibility index (Phi) is 4.74. The summed E-state index contributed by atoms with van der Waals surface area (Å²) in [5.41, 5.74) is 5.69. The van der Waals surface area contributed by atoms with Crippen molar-refractivity contribution in [3.63, 3.8) is 0 Å². The van der Waals surface area contributed by atoms with Crippen LogP contribution in [0.2, 0.25) is 0 Å². The van der Waals surface area contributed by atoms with E-state index in [4.69, 9.17) is 5.73 Å². The Morgan fingerprint density at radius 3 is 2.69 bits per heavy atom. The zero-order chi connectivity index (χ0) is 9.68. The molecular weight excluding hydrogens is 160 g/mol. The molecule has 78 valence electrons. The lowest BCUT2D eigenvalue weighted by atomic mass is 10.1. The fourth-order valence-corrected chi connectivity index (χ4v) is 2.26. The summed E-state index contributed by atoms with van der Waals surface area (Å²) in [6.45, 7) is 7.99. The molecule has 0 bridgehead atoms. The average molecular weight is 184 g/mol. The normalized spacial score (nSPS) is 29.8. The minimum Gasteiger partial charge on any atom is -0.330 e. The second kappa shape index (κ2) is 5.61. The maximum Gasteiger partial charge on any atom is 0.00706 e. The van der Waals surface area contributed by atoms with E-state index < -0.39 is 0 Å². The van der Waals surface area contributed by atoms with Gasteiger partial charge in [0.15, 0.2) is 0 Å². The zero-order valence-corrected chi connectivity index (χ0v) is 9.13. The molecule has 1 heterocycles. The van der Waals surface area contributed by atoms with Crippen LogP contribution in [0.25, 0.3) is 0 Å². The highest BCUT2D eigenvalue weighted by atomic mass is 15.2. The average Bonchev–Trinajstić information content (AvgIpc) is 2.48. The predicted molar refractivity (Wildman–Crippen MR) is 57.7 cm³/mol. The second-order valence-electron chi connectivity index (χ2n) is 4.39. The van der Waals surface area contributed by atoms with Crippen molar-refractivity contribution in [3.8, 4) is 0 Å². The Morgan fingerprint density at radius 2 is 2.15 bits per heavy atom. The summed E-state index contributed by atoms with van der Waals surface area (Å²) in [7, 11) is 0. The Balaban J connectivity index is 2.18. The van der Waals surface area contributed by atoms with E-state index in [1.54, 1.807) is 0 Å². The maximum atomic E-state index is 5.69. The van der Waals surface area contributed by atoms with Crippen LogP contribution in [-0.4, -0.2) is 30.6 Å². The van der Waals surface area contributed by atoms with E-state index in [2.05, 4.69) is 18.7 Å². The molecule has 2 atom stereocenters. The van der Waals surface area contributed by atoms with Crippen LogP contribution in [0.4, 0.5) is 0 Å². The van der Waals surface area contributed by atoms with E-state index in [0.29, 0.717) is 0 Å². The van der Waals surface area contributed by atoms with Gasteiger partial charge in [0.2, 0.25) is 0 Å². The molecule has 0 spiro atoms. The molecule has 2 nitrogen and oxygen atoms in total. The summed E-state index contributed by atoms with van der Waals surface area (Å²) in [4.78, 5) is 2.60. The third kappa shape index (κ3) is 3.28. The van der Waals surface area contributed by atoms with Crippen LogP contribution in [0, 0.1) is 5.92 Å². The number of hydrogen-bond donors (Lipinski definition) is 1. The Bertz CT molecular complexity index is 136. The van der Waals surface area contributed by atoms with Crippen LogP contribution in [0.3, 0.4) is 0 Å². The van der Waals surface area contributed by atoms with Gasteiger partial charge in [-0.2, -0.15) is 0 Å². The number of hydrogen-bond acceptors (Lipinski definition) is 2. The van der Waals surface area contributed by atoms with Crippen molar-refractivity contribution in [2.24, 2.45) is 11.7 Å². The molecule has 2 N–H and O–H groups in total. The monoisotopic (exact) mass is 184 g/mol. The molecule has 0 aromatic heterocycles. The van der Waals surface area contributed by atoms with Crippen molar-refractivity contribution in [1.29, 1.82) is 0 Å². The lowest BCUT2D eigenvalue weighted by molar-refractivity contribution is 0.258. The molecule has 0 radical (unpaired) electrons. The molecule has 1 aliphatic rings. The molecule has 1 aliphatic heterocycles. The van der Waals surface area contributed by atoms with Crippen LogP contribution in [0.15, 0.2) is 0 Å². The molecule has 2 unspecified atom stereocenters. The van der Waals surface area contributed by atoms with Gasteiger partial charge in [0.1, 0.15) is 0 Å². The summed E-state index contributed by atoms with van der Waals surface area (Å²) in [5, 5.41) is 0. The number of nitrogens with two attached hydrogens (primary N) is 1. The molecule has 1 rings (SSSR count). The van der Waals surface area contributed by atoms with Crippen molar-refractivity contribution >= 4 is 0 Å². The van der Waals surface area contributed by atoms with Crippen molar-refractivity contribution in [2.45, 2.75) is 45.6 Å². The van der Waals surface area contributed by atoms with Crippen molar-refractivity contribution < 1.29 is 0 Å². The smallest absolute Gasteiger partial charge is 0.00706 e. The molecule has 0 aromatic rings. The fraction of sp³-hybridized carbons (Fsp3) is 1.00. The molecule has 0 saturated carbocycles. The van der Waals surface area contributed by atoms with Gasteiger partial charge in [-0.1, -0.05) is 19.8 Å². The first-order chi connectivity index (χ1) is 6.27. The van der Waals surface area contributed by atoms with Gasteiger partial charge in [0, 0.05) is 12.6 Å². The Hall–Kier alpha value is -0.0800. The van der Waals surface area contributed by atoms with E-state index in [-0.39, 0.29) is 0 Å². The predicted octanol–water partition coefficient (Wildman–Crippen LogP) is 1.85. The molecule has 2 heteroatoms. The first-order valence-electron chi connectivity index (χ1n) is 5.72. The lowest BCUT2D eigenvalue weighted by Crippen LogP contribution is -2.28. The maximum absolute atomic E-state index is 5.69. The van der Waals surface area contributed by atoms with Gasteiger partial charge in [0.05, 0.1) is 0 Å². The van der Waals surface area contributed by atoms with Gasteiger partial charge in [-0.3, -0.25) is 0 Å². The van der Waals surface area contributed by atoms with Crippen molar-refractivity contribution in [3.05, 3.63) is 0 Å². The Morgan fingerprint density at radius 1 is 1.38 bits per heavy atom. The molecular formula is C11H24N2. The molecule has 0 amide bonds. The van der Waals surface area contributed by atoms with Gasteiger partial charge < -0.3 is 10.6 Å². The van der Waals surface area contributed by atoms with Crippen LogP contribution < -0.4 is 5.73 Å². The van der Waals surface area contributed by atoms with E-state index in [9.17, 15) is 0 Å². The zero-order valence-electron chi connectivity index (χ0n) is 9.13. The van der Waals surface area contributed by atoms with Gasteiger partial charge in [0.25, 0.3) is 0 Å². The van der Waals surface area contributed by atoms with E-state index >= 15 is 0 Å². The summed E-state index contributed by atoms with van der Waals surface area (Å²) < 4.78 is 0. The van der Waals surface area contributed by atoms with Gasteiger partial charge in [-0.05, 0) is 38.8 Å². The summed E-state index contributed by atoms with van der Waals surface area (Å²) in [5.74, 6) is 0.761. The van der Waals surface area contributed by atoms with Gasteiger partial charge in [-0.25, -0.2) is 0 Å². The lowest BCUT2D eigenvalue weighted by Gasteiger charge is -2.20. The minimum absolute atomic E-state index is 0.761. The van der Waals surface area contributed by atoms with Crippen LogP contribution in [-0.2, 0) is 0 Å². The SMILES string of the molecule is CCCCCN1CC(CN)CC1C. The van der Waals surface area contributed by atoms with Crippen LogP contribution in [0.1, 0.15) is 39.5 Å². The third-order valence-electron chi connectivity index (χ3n) is 3.17. The topological polar surface area (TPSA) is 29.3 Å². The van der Waals surface area contributed by atoms with Crippen molar-refractivity contribution in [2.75, 3.05) is 19.6 Å². The first kappa shape index (κ1) is 11.0. The minimum atomic E-state index is 0.761. The molecule has 1 saturated heterocycles. The highest BCUT2D eigenvalue weighted by Crippen LogP contribution is 2.22. The van der Waals surface area contributed by atoms with E-state index in [0.717, 1.165) is 18.5 Å². The second-order valence-corrected chi connectivity index (χ2v) is 4.39. The van der Waals surface area contributed by atoms with Gasteiger partial charge >= 0.3 is 0 Å². The number of likely N-dealkylation sites (tertiary alicyclic amines) is 1. The van der Waals surface area contributed by atoms with Gasteiger partial charge in [-0.15, -0.1) is 0 Å². The molecule has 1 fully saturated rings. The molecule has 0 aliphatic carbocycles. The molecule has 0 aromatic carbocycles. The fourth-order valence-electron chi connectivity index (χ4n) is 2.26. The summed E-state index contributed by atoms with van der Waals surface area (Å²) in [6, 6.07) is 0.769. The standard InChI is InChI=1S/C11H24N2/c1-3-4-5-6-13-9-11(8-12)7-10(13)2/h10-11H,3-9,12H2,1-2H3. The van der Waals surface area contributed by atoms with E-state index in [1.165, 1.54) is 38.8 Å². The number of rotatable bonds is 5.